The number of anilines is 3. The van der Waals surface area contributed by atoms with Crippen molar-refractivity contribution in [3.63, 3.8) is 0 Å². The van der Waals surface area contributed by atoms with Gasteiger partial charge in [0.15, 0.2) is 0 Å². The molecule has 2 aromatic carbocycles. The Hall–Kier alpha value is -3.41. The fraction of sp³-hybridized carbons (Fsp3) is 0.190. The van der Waals surface area contributed by atoms with Gasteiger partial charge in [0.05, 0.1) is 17.9 Å². The highest BCUT2D eigenvalue weighted by molar-refractivity contribution is 5.96. The molecule has 2 N–H and O–H groups in total. The lowest BCUT2D eigenvalue weighted by atomic mass is 10.1. The molecule has 0 aliphatic heterocycles. The molecule has 3 aromatic rings. The SMILES string of the molecule is CCOC(=O)c1ccccc1Nc1cc(NCCc2ccccc2)ncn1. The Morgan fingerprint density at radius 3 is 2.56 bits per heavy atom. The van der Waals surface area contributed by atoms with Gasteiger partial charge in [-0.25, -0.2) is 14.8 Å². The summed E-state index contributed by atoms with van der Waals surface area (Å²) in [5, 5.41) is 6.46. The monoisotopic (exact) mass is 362 g/mol. The van der Waals surface area contributed by atoms with E-state index in [9.17, 15) is 4.79 Å². The van der Waals surface area contributed by atoms with Crippen LogP contribution in [0.15, 0.2) is 67.0 Å². The third-order valence-electron chi connectivity index (χ3n) is 3.91. The highest BCUT2D eigenvalue weighted by Gasteiger charge is 2.12. The molecular weight excluding hydrogens is 340 g/mol. The van der Waals surface area contributed by atoms with Crippen molar-refractivity contribution in [2.75, 3.05) is 23.8 Å². The Balaban J connectivity index is 1.65. The summed E-state index contributed by atoms with van der Waals surface area (Å²) >= 11 is 0. The molecule has 0 unspecified atom stereocenters. The molecule has 0 saturated carbocycles. The largest absolute Gasteiger partial charge is 0.462 e. The zero-order valence-electron chi connectivity index (χ0n) is 15.2. The lowest BCUT2D eigenvalue weighted by Gasteiger charge is -2.11. The van der Waals surface area contributed by atoms with Gasteiger partial charge >= 0.3 is 5.97 Å². The van der Waals surface area contributed by atoms with Crippen LogP contribution in [0.2, 0.25) is 0 Å². The van der Waals surface area contributed by atoms with E-state index in [-0.39, 0.29) is 5.97 Å². The number of nitrogens with one attached hydrogen (secondary N) is 2. The molecule has 0 fully saturated rings. The smallest absolute Gasteiger partial charge is 0.340 e. The van der Waals surface area contributed by atoms with Gasteiger partial charge in [-0.15, -0.1) is 0 Å². The number of aromatic nitrogens is 2. The number of esters is 1. The van der Waals surface area contributed by atoms with Crippen LogP contribution in [0.5, 0.6) is 0 Å². The predicted octanol–water partition coefficient (Wildman–Crippen LogP) is 4.05. The third-order valence-corrected chi connectivity index (χ3v) is 3.91. The van der Waals surface area contributed by atoms with E-state index in [1.54, 1.807) is 19.1 Å². The van der Waals surface area contributed by atoms with Crippen molar-refractivity contribution >= 4 is 23.3 Å². The van der Waals surface area contributed by atoms with Crippen LogP contribution in [0, 0.1) is 0 Å². The molecule has 27 heavy (non-hydrogen) atoms. The number of hydrogen-bond acceptors (Lipinski definition) is 6. The molecule has 0 amide bonds. The summed E-state index contributed by atoms with van der Waals surface area (Å²) in [7, 11) is 0. The molecule has 0 aliphatic carbocycles. The maximum absolute atomic E-state index is 12.1. The summed E-state index contributed by atoms with van der Waals surface area (Å²) in [6, 6.07) is 19.3. The van der Waals surface area contributed by atoms with E-state index >= 15 is 0 Å². The zero-order valence-corrected chi connectivity index (χ0v) is 15.2. The van der Waals surface area contributed by atoms with Gasteiger partial charge in [0.2, 0.25) is 0 Å². The van der Waals surface area contributed by atoms with Crippen molar-refractivity contribution in [3.05, 3.63) is 78.1 Å². The molecule has 1 heterocycles. The normalized spacial score (nSPS) is 10.3. The average molecular weight is 362 g/mol. The fourth-order valence-corrected chi connectivity index (χ4v) is 2.62. The van der Waals surface area contributed by atoms with Crippen LogP contribution in [0.4, 0.5) is 17.3 Å². The van der Waals surface area contributed by atoms with E-state index in [0.717, 1.165) is 18.8 Å². The van der Waals surface area contributed by atoms with Crippen molar-refractivity contribution in [1.29, 1.82) is 0 Å². The summed E-state index contributed by atoms with van der Waals surface area (Å²) < 4.78 is 5.10. The van der Waals surface area contributed by atoms with Gasteiger partial charge < -0.3 is 15.4 Å². The number of hydrogen-bond donors (Lipinski definition) is 2. The second-order valence-electron chi connectivity index (χ2n) is 5.84. The highest BCUT2D eigenvalue weighted by Crippen LogP contribution is 2.21. The Bertz CT molecular complexity index is 884. The lowest BCUT2D eigenvalue weighted by Crippen LogP contribution is -2.09. The fourth-order valence-electron chi connectivity index (χ4n) is 2.62. The second kappa shape index (κ2) is 9.33. The predicted molar refractivity (Wildman–Crippen MR) is 106 cm³/mol. The zero-order chi connectivity index (χ0) is 18.9. The molecule has 0 spiro atoms. The standard InChI is InChI=1S/C21H22N4O2/c1-2-27-21(26)17-10-6-7-11-18(17)25-20-14-19(23-15-24-20)22-13-12-16-8-4-3-5-9-16/h3-11,14-15H,2,12-13H2,1H3,(H2,22,23,24,25). The Kier molecular flexibility index (Phi) is 6.35. The minimum Gasteiger partial charge on any atom is -0.462 e. The van der Waals surface area contributed by atoms with Crippen molar-refractivity contribution in [1.82, 2.24) is 9.97 Å². The van der Waals surface area contributed by atoms with Gasteiger partial charge in [0.1, 0.15) is 18.0 Å². The van der Waals surface area contributed by atoms with E-state index in [0.29, 0.717) is 23.7 Å². The number of benzene rings is 2. The quantitative estimate of drug-likeness (QED) is 0.589. The molecule has 0 saturated heterocycles. The minimum atomic E-state index is -0.365. The van der Waals surface area contributed by atoms with Crippen molar-refractivity contribution in [2.24, 2.45) is 0 Å². The summed E-state index contributed by atoms with van der Waals surface area (Å²) in [6.07, 6.45) is 2.39. The number of carbonyl (C=O) groups is 1. The van der Waals surface area contributed by atoms with Crippen LogP contribution in [0.1, 0.15) is 22.8 Å². The molecule has 0 aliphatic rings. The van der Waals surface area contributed by atoms with Crippen LogP contribution >= 0.6 is 0 Å². The van der Waals surface area contributed by atoms with Crippen LogP contribution in [0.25, 0.3) is 0 Å². The molecule has 138 valence electrons. The van der Waals surface area contributed by atoms with E-state index in [2.05, 4.69) is 32.7 Å². The van der Waals surface area contributed by atoms with E-state index < -0.39 is 0 Å². The van der Waals surface area contributed by atoms with Crippen LogP contribution < -0.4 is 10.6 Å². The molecular formula is C21H22N4O2. The minimum absolute atomic E-state index is 0.330. The maximum atomic E-state index is 12.1. The van der Waals surface area contributed by atoms with Gasteiger partial charge in [-0.05, 0) is 31.0 Å². The molecule has 1 aromatic heterocycles. The Morgan fingerprint density at radius 2 is 1.74 bits per heavy atom. The highest BCUT2D eigenvalue weighted by atomic mass is 16.5. The average Bonchev–Trinajstić information content (AvgIpc) is 2.70. The van der Waals surface area contributed by atoms with Crippen molar-refractivity contribution < 1.29 is 9.53 Å². The Morgan fingerprint density at radius 1 is 1.00 bits per heavy atom. The van der Waals surface area contributed by atoms with Crippen LogP contribution in [-0.2, 0) is 11.2 Å². The third kappa shape index (κ3) is 5.28. The van der Waals surface area contributed by atoms with E-state index in [4.69, 9.17) is 4.74 Å². The summed E-state index contributed by atoms with van der Waals surface area (Å²) in [5.41, 5.74) is 2.38. The number of para-hydroxylation sites is 1. The maximum Gasteiger partial charge on any atom is 0.340 e. The molecule has 0 atom stereocenters. The first-order valence-electron chi connectivity index (χ1n) is 8.89. The molecule has 0 bridgehead atoms. The first-order valence-corrected chi connectivity index (χ1v) is 8.89. The summed E-state index contributed by atoms with van der Waals surface area (Å²) in [4.78, 5) is 20.6. The van der Waals surface area contributed by atoms with Gasteiger partial charge in [0, 0.05) is 12.6 Å². The number of ether oxygens (including phenoxy) is 1. The summed E-state index contributed by atoms with van der Waals surface area (Å²) in [6.45, 7) is 2.88. The number of carbonyl (C=O) groups excluding carboxylic acids is 1. The summed E-state index contributed by atoms with van der Waals surface area (Å²) in [5.74, 6) is 0.955. The van der Waals surface area contributed by atoms with E-state index in [1.165, 1.54) is 11.9 Å². The van der Waals surface area contributed by atoms with Crippen LogP contribution in [0.3, 0.4) is 0 Å². The topological polar surface area (TPSA) is 76.1 Å². The second-order valence-corrected chi connectivity index (χ2v) is 5.84. The van der Waals surface area contributed by atoms with Gasteiger partial charge in [-0.1, -0.05) is 42.5 Å². The van der Waals surface area contributed by atoms with Crippen LogP contribution in [-0.4, -0.2) is 29.1 Å². The molecule has 0 radical (unpaired) electrons. The molecule has 6 heteroatoms. The molecule has 6 nitrogen and oxygen atoms in total. The van der Waals surface area contributed by atoms with Gasteiger partial charge in [0.25, 0.3) is 0 Å². The molecule has 3 rings (SSSR count). The Labute approximate surface area is 158 Å². The van der Waals surface area contributed by atoms with Gasteiger partial charge in [-0.2, -0.15) is 0 Å². The number of nitrogens with zero attached hydrogens (tertiary/aromatic N) is 2. The van der Waals surface area contributed by atoms with Crippen molar-refractivity contribution in [2.45, 2.75) is 13.3 Å². The van der Waals surface area contributed by atoms with Crippen molar-refractivity contribution in [3.8, 4) is 0 Å². The van der Waals surface area contributed by atoms with E-state index in [1.807, 2.05) is 36.4 Å². The van der Waals surface area contributed by atoms with Gasteiger partial charge in [-0.3, -0.25) is 0 Å². The number of rotatable bonds is 8. The lowest BCUT2D eigenvalue weighted by molar-refractivity contribution is 0.0527. The first-order chi connectivity index (χ1) is 13.3. The first kappa shape index (κ1) is 18.4.